The van der Waals surface area contributed by atoms with E-state index < -0.39 is 11.4 Å². The first-order valence-corrected chi connectivity index (χ1v) is 5.69. The zero-order chi connectivity index (χ0) is 11.3. The highest BCUT2D eigenvalue weighted by molar-refractivity contribution is 5.75. The van der Waals surface area contributed by atoms with E-state index in [-0.39, 0.29) is 13.2 Å². The summed E-state index contributed by atoms with van der Waals surface area (Å²) in [7, 11) is 0. The van der Waals surface area contributed by atoms with Crippen molar-refractivity contribution in [1.82, 2.24) is 0 Å². The number of carboxylic acid groups (broad SMARTS) is 1. The van der Waals surface area contributed by atoms with Gasteiger partial charge in [0.2, 0.25) is 0 Å². The van der Waals surface area contributed by atoms with Gasteiger partial charge in [-0.15, -0.1) is 0 Å². The number of nitrogens with two attached hydrogens (primary N) is 1. The van der Waals surface area contributed by atoms with Crippen LogP contribution in [0.3, 0.4) is 0 Å². The minimum Gasteiger partial charge on any atom is -0.481 e. The summed E-state index contributed by atoms with van der Waals surface area (Å²) in [4.78, 5) is 11.3. The summed E-state index contributed by atoms with van der Waals surface area (Å²) < 4.78 is 0. The molecule has 1 rings (SSSR count). The van der Waals surface area contributed by atoms with Gasteiger partial charge in [-0.25, -0.2) is 0 Å². The molecular formula is C11H21NO3. The Bertz CT molecular complexity index is 216. The standard InChI is InChI=1S/C11H21NO3/c12-8-11(10(14)15,5-1-2-6-13)7-9-3-4-9/h9,13H,1-8,12H2,(H,14,15). The molecule has 0 bridgehead atoms. The van der Waals surface area contributed by atoms with Crippen molar-refractivity contribution in [1.29, 1.82) is 0 Å². The molecule has 0 radical (unpaired) electrons. The molecule has 0 aromatic heterocycles. The van der Waals surface area contributed by atoms with Crippen LogP contribution in [0, 0.1) is 11.3 Å². The van der Waals surface area contributed by atoms with Crippen LogP contribution in [0.4, 0.5) is 0 Å². The van der Waals surface area contributed by atoms with Crippen molar-refractivity contribution >= 4 is 5.97 Å². The fraction of sp³-hybridized carbons (Fsp3) is 0.909. The average Bonchev–Trinajstić information content (AvgIpc) is 3.00. The molecule has 1 unspecified atom stereocenters. The minimum absolute atomic E-state index is 0.129. The SMILES string of the molecule is NCC(CCCCO)(CC1CC1)C(=O)O. The predicted molar refractivity (Wildman–Crippen MR) is 57.4 cm³/mol. The Labute approximate surface area is 90.5 Å². The van der Waals surface area contributed by atoms with Gasteiger partial charge < -0.3 is 15.9 Å². The Morgan fingerprint density at radius 1 is 1.40 bits per heavy atom. The van der Waals surface area contributed by atoms with Gasteiger partial charge in [0.1, 0.15) is 0 Å². The topological polar surface area (TPSA) is 83.5 Å². The van der Waals surface area contributed by atoms with E-state index in [1.54, 1.807) is 0 Å². The van der Waals surface area contributed by atoms with E-state index in [1.807, 2.05) is 0 Å². The van der Waals surface area contributed by atoms with Crippen molar-refractivity contribution in [2.75, 3.05) is 13.2 Å². The zero-order valence-corrected chi connectivity index (χ0v) is 9.11. The van der Waals surface area contributed by atoms with E-state index in [2.05, 4.69) is 0 Å². The maximum atomic E-state index is 11.3. The molecule has 0 aromatic rings. The summed E-state index contributed by atoms with van der Waals surface area (Å²) in [5.41, 5.74) is 4.88. The Balaban J connectivity index is 2.51. The Morgan fingerprint density at radius 3 is 2.47 bits per heavy atom. The minimum atomic E-state index is -0.769. The van der Waals surface area contributed by atoms with Crippen LogP contribution in [0.25, 0.3) is 0 Å². The van der Waals surface area contributed by atoms with E-state index in [0.29, 0.717) is 25.2 Å². The third-order valence-electron chi connectivity index (χ3n) is 3.28. The van der Waals surface area contributed by atoms with Crippen LogP contribution in [0.1, 0.15) is 38.5 Å². The van der Waals surface area contributed by atoms with Crippen LogP contribution < -0.4 is 5.73 Å². The lowest BCUT2D eigenvalue weighted by molar-refractivity contribution is -0.149. The van der Waals surface area contributed by atoms with Gasteiger partial charge in [0, 0.05) is 13.2 Å². The van der Waals surface area contributed by atoms with Crippen LogP contribution in [0.2, 0.25) is 0 Å². The molecule has 1 saturated carbocycles. The number of unbranched alkanes of at least 4 members (excludes halogenated alkanes) is 1. The van der Waals surface area contributed by atoms with Gasteiger partial charge >= 0.3 is 5.97 Å². The first-order valence-electron chi connectivity index (χ1n) is 5.69. The van der Waals surface area contributed by atoms with Crippen LogP contribution in [0.15, 0.2) is 0 Å². The highest BCUT2D eigenvalue weighted by Crippen LogP contribution is 2.42. The van der Waals surface area contributed by atoms with Gasteiger partial charge in [0.05, 0.1) is 5.41 Å². The zero-order valence-electron chi connectivity index (χ0n) is 9.11. The fourth-order valence-electron chi connectivity index (χ4n) is 2.02. The molecule has 0 heterocycles. The van der Waals surface area contributed by atoms with Crippen LogP contribution in [-0.4, -0.2) is 29.3 Å². The molecule has 0 spiro atoms. The number of hydrogen-bond acceptors (Lipinski definition) is 3. The Kier molecular flexibility index (Phi) is 4.54. The van der Waals surface area contributed by atoms with Crippen LogP contribution >= 0.6 is 0 Å². The van der Waals surface area contributed by atoms with Crippen LogP contribution in [-0.2, 0) is 4.79 Å². The van der Waals surface area contributed by atoms with E-state index in [9.17, 15) is 9.90 Å². The van der Waals surface area contributed by atoms with Crippen LogP contribution in [0.5, 0.6) is 0 Å². The highest BCUT2D eigenvalue weighted by Gasteiger charge is 2.41. The number of aliphatic hydroxyl groups excluding tert-OH is 1. The van der Waals surface area contributed by atoms with E-state index >= 15 is 0 Å². The second-order valence-corrected chi connectivity index (χ2v) is 4.62. The number of aliphatic hydroxyl groups is 1. The normalized spacial score (nSPS) is 19.9. The summed E-state index contributed by atoms with van der Waals surface area (Å²) >= 11 is 0. The summed E-state index contributed by atoms with van der Waals surface area (Å²) in [6.07, 6.45) is 5.01. The predicted octanol–water partition coefficient (Wildman–Crippen LogP) is 0.979. The van der Waals surface area contributed by atoms with Gasteiger partial charge in [-0.2, -0.15) is 0 Å². The Morgan fingerprint density at radius 2 is 2.07 bits per heavy atom. The Hall–Kier alpha value is -0.610. The third kappa shape index (κ3) is 3.47. The fourth-order valence-corrected chi connectivity index (χ4v) is 2.02. The second-order valence-electron chi connectivity index (χ2n) is 4.62. The van der Waals surface area contributed by atoms with Gasteiger partial charge in [0.15, 0.2) is 0 Å². The molecule has 1 aliphatic rings. The molecule has 4 nitrogen and oxygen atoms in total. The first-order chi connectivity index (χ1) is 7.14. The van der Waals surface area contributed by atoms with E-state index in [1.165, 1.54) is 0 Å². The number of hydrogen-bond donors (Lipinski definition) is 3. The summed E-state index contributed by atoms with van der Waals surface area (Å²) in [5.74, 6) is -0.200. The van der Waals surface area contributed by atoms with Crippen molar-refractivity contribution in [2.45, 2.75) is 38.5 Å². The molecule has 0 aliphatic heterocycles. The summed E-state index contributed by atoms with van der Waals surface area (Å²) in [6.45, 7) is 0.341. The van der Waals surface area contributed by atoms with E-state index in [4.69, 9.17) is 10.8 Å². The highest BCUT2D eigenvalue weighted by atomic mass is 16.4. The monoisotopic (exact) mass is 215 g/mol. The molecule has 88 valence electrons. The summed E-state index contributed by atoms with van der Waals surface area (Å²) in [5, 5.41) is 17.9. The molecular weight excluding hydrogens is 194 g/mol. The molecule has 0 amide bonds. The number of rotatable bonds is 8. The smallest absolute Gasteiger partial charge is 0.310 e. The van der Waals surface area contributed by atoms with Crippen molar-refractivity contribution in [3.63, 3.8) is 0 Å². The molecule has 1 atom stereocenters. The largest absolute Gasteiger partial charge is 0.481 e. The molecule has 1 fully saturated rings. The molecule has 1 aliphatic carbocycles. The maximum absolute atomic E-state index is 11.3. The molecule has 0 saturated heterocycles. The van der Waals surface area contributed by atoms with Crippen molar-refractivity contribution in [3.05, 3.63) is 0 Å². The molecule has 0 aromatic carbocycles. The lowest BCUT2D eigenvalue weighted by Gasteiger charge is -2.27. The third-order valence-corrected chi connectivity index (χ3v) is 3.28. The average molecular weight is 215 g/mol. The second kappa shape index (κ2) is 5.47. The molecule has 15 heavy (non-hydrogen) atoms. The number of aliphatic carboxylic acids is 1. The quantitative estimate of drug-likeness (QED) is 0.527. The number of carbonyl (C=O) groups is 1. The van der Waals surface area contributed by atoms with Crippen molar-refractivity contribution < 1.29 is 15.0 Å². The van der Waals surface area contributed by atoms with Gasteiger partial charge in [-0.1, -0.05) is 12.8 Å². The van der Waals surface area contributed by atoms with Crippen molar-refractivity contribution in [3.8, 4) is 0 Å². The first kappa shape index (κ1) is 12.5. The molecule has 4 N–H and O–H groups in total. The lowest BCUT2D eigenvalue weighted by Crippen LogP contribution is -2.39. The maximum Gasteiger partial charge on any atom is 0.310 e. The van der Waals surface area contributed by atoms with Gasteiger partial charge in [-0.3, -0.25) is 4.79 Å². The number of carboxylic acids is 1. The lowest BCUT2D eigenvalue weighted by atomic mass is 9.78. The van der Waals surface area contributed by atoms with Crippen molar-refractivity contribution in [2.24, 2.45) is 17.1 Å². The van der Waals surface area contributed by atoms with E-state index in [0.717, 1.165) is 19.3 Å². The van der Waals surface area contributed by atoms with Gasteiger partial charge in [0.25, 0.3) is 0 Å². The van der Waals surface area contributed by atoms with Gasteiger partial charge in [-0.05, 0) is 31.6 Å². The molecule has 4 heteroatoms. The summed E-state index contributed by atoms with van der Waals surface area (Å²) in [6, 6.07) is 0.